The van der Waals surface area contributed by atoms with Gasteiger partial charge in [0.25, 0.3) is 0 Å². The van der Waals surface area contributed by atoms with Gasteiger partial charge in [0.1, 0.15) is 11.5 Å². The summed E-state index contributed by atoms with van der Waals surface area (Å²) in [5.41, 5.74) is 2.13. The van der Waals surface area contributed by atoms with Gasteiger partial charge in [0.15, 0.2) is 5.76 Å². The molecule has 22 heavy (non-hydrogen) atoms. The van der Waals surface area contributed by atoms with Crippen molar-refractivity contribution in [2.24, 2.45) is 0 Å². The first-order chi connectivity index (χ1) is 10.8. The van der Waals surface area contributed by atoms with Crippen molar-refractivity contribution in [1.82, 2.24) is 20.4 Å². The maximum Gasteiger partial charge on any atom is 0.152 e. The monoisotopic (exact) mass is 300 g/mol. The highest BCUT2D eigenvalue weighted by Crippen LogP contribution is 2.23. The predicted octanol–water partition coefficient (Wildman–Crippen LogP) is 2.72. The van der Waals surface area contributed by atoms with Crippen molar-refractivity contribution in [2.45, 2.75) is 32.4 Å². The number of H-pyrrole nitrogens is 1. The van der Waals surface area contributed by atoms with Gasteiger partial charge in [-0.05, 0) is 45.0 Å². The number of aromatic nitrogens is 2. The van der Waals surface area contributed by atoms with Gasteiger partial charge in [-0.2, -0.15) is 5.10 Å². The van der Waals surface area contributed by atoms with Gasteiger partial charge in [-0.15, -0.1) is 6.58 Å². The van der Waals surface area contributed by atoms with Crippen molar-refractivity contribution < 1.29 is 4.42 Å². The molecule has 1 fully saturated rings. The highest BCUT2D eigenvalue weighted by Gasteiger charge is 2.19. The van der Waals surface area contributed by atoms with E-state index in [0.29, 0.717) is 6.04 Å². The molecule has 5 heteroatoms. The molecule has 0 spiro atoms. The van der Waals surface area contributed by atoms with Crippen LogP contribution in [0.15, 0.2) is 35.4 Å². The van der Waals surface area contributed by atoms with Crippen LogP contribution in [0.3, 0.4) is 0 Å². The predicted molar refractivity (Wildman–Crippen MR) is 87.5 cm³/mol. The third kappa shape index (κ3) is 3.48. The number of nitrogens with zero attached hydrogens (tertiary/aromatic N) is 2. The molecule has 0 bridgehead atoms. The molecule has 0 unspecified atom stereocenters. The zero-order valence-corrected chi connectivity index (χ0v) is 13.1. The second-order valence-corrected chi connectivity index (χ2v) is 5.92. The van der Waals surface area contributed by atoms with Gasteiger partial charge in [0.2, 0.25) is 0 Å². The Balaban J connectivity index is 1.55. The quantitative estimate of drug-likeness (QED) is 0.805. The second-order valence-electron chi connectivity index (χ2n) is 5.92. The lowest BCUT2D eigenvalue weighted by atomic mass is 10.0. The van der Waals surface area contributed by atoms with E-state index in [1.165, 1.54) is 12.8 Å². The molecule has 1 aliphatic rings. The zero-order valence-electron chi connectivity index (χ0n) is 13.1. The van der Waals surface area contributed by atoms with E-state index in [2.05, 4.69) is 27.0 Å². The number of hydrogen-bond donors (Lipinski definition) is 2. The number of aromatic amines is 1. The summed E-state index contributed by atoms with van der Waals surface area (Å²) in [7, 11) is 0. The zero-order chi connectivity index (χ0) is 15.4. The minimum absolute atomic E-state index is 0.571. The van der Waals surface area contributed by atoms with Gasteiger partial charge in [0.05, 0.1) is 6.20 Å². The summed E-state index contributed by atoms with van der Waals surface area (Å²) in [6.45, 7) is 9.85. The molecule has 1 aliphatic heterocycles. The molecular weight excluding hydrogens is 276 g/mol. The van der Waals surface area contributed by atoms with E-state index < -0.39 is 0 Å². The van der Waals surface area contributed by atoms with E-state index in [1.807, 2.05) is 31.3 Å². The van der Waals surface area contributed by atoms with E-state index in [9.17, 15) is 0 Å². The molecule has 5 nitrogen and oxygen atoms in total. The first-order valence-electron chi connectivity index (χ1n) is 7.92. The Labute approximate surface area is 131 Å². The van der Waals surface area contributed by atoms with Crippen LogP contribution in [0.5, 0.6) is 0 Å². The molecule has 0 saturated carbocycles. The number of rotatable bonds is 6. The SMILES string of the molecule is C=CCN1CCC(NCc2cn[nH]c2-c2ccc(C)o2)CC1. The highest BCUT2D eigenvalue weighted by molar-refractivity contribution is 5.56. The number of furan rings is 1. The molecule has 0 amide bonds. The van der Waals surface area contributed by atoms with Gasteiger partial charge in [0, 0.05) is 24.7 Å². The lowest BCUT2D eigenvalue weighted by Gasteiger charge is -2.31. The number of nitrogens with one attached hydrogen (secondary N) is 2. The van der Waals surface area contributed by atoms with E-state index in [1.54, 1.807) is 0 Å². The minimum Gasteiger partial charge on any atom is -0.460 e. The molecule has 0 radical (unpaired) electrons. The lowest BCUT2D eigenvalue weighted by Crippen LogP contribution is -2.42. The summed E-state index contributed by atoms with van der Waals surface area (Å²) in [6, 6.07) is 4.53. The molecule has 2 aromatic heterocycles. The smallest absolute Gasteiger partial charge is 0.152 e. The average Bonchev–Trinajstić information content (AvgIpc) is 3.15. The molecule has 0 aromatic carbocycles. The summed E-state index contributed by atoms with van der Waals surface area (Å²) in [4.78, 5) is 2.44. The fraction of sp³-hybridized carbons (Fsp3) is 0.471. The van der Waals surface area contributed by atoms with Crippen LogP contribution < -0.4 is 5.32 Å². The molecule has 2 N–H and O–H groups in total. The Morgan fingerprint density at radius 2 is 2.27 bits per heavy atom. The summed E-state index contributed by atoms with van der Waals surface area (Å²) < 4.78 is 5.69. The van der Waals surface area contributed by atoms with Crippen LogP contribution in [-0.2, 0) is 6.54 Å². The summed E-state index contributed by atoms with van der Waals surface area (Å²) in [5.74, 6) is 1.77. The van der Waals surface area contributed by atoms with E-state index >= 15 is 0 Å². The Hall–Kier alpha value is -1.85. The molecule has 118 valence electrons. The third-order valence-corrected chi connectivity index (χ3v) is 4.26. The van der Waals surface area contributed by atoms with Crippen molar-refractivity contribution >= 4 is 0 Å². The van der Waals surface area contributed by atoms with E-state index in [-0.39, 0.29) is 0 Å². The first-order valence-corrected chi connectivity index (χ1v) is 7.92. The van der Waals surface area contributed by atoms with Crippen LogP contribution in [0.25, 0.3) is 11.5 Å². The second kappa shape index (κ2) is 6.94. The van der Waals surface area contributed by atoms with Crippen LogP contribution in [-0.4, -0.2) is 40.8 Å². The van der Waals surface area contributed by atoms with Crippen LogP contribution in [0.4, 0.5) is 0 Å². The fourth-order valence-corrected chi connectivity index (χ4v) is 2.98. The molecule has 0 atom stereocenters. The van der Waals surface area contributed by atoms with E-state index in [4.69, 9.17) is 4.42 Å². The van der Waals surface area contributed by atoms with Gasteiger partial charge < -0.3 is 9.73 Å². The molecule has 3 heterocycles. The van der Waals surface area contributed by atoms with Gasteiger partial charge in [-0.3, -0.25) is 10.00 Å². The largest absolute Gasteiger partial charge is 0.460 e. The number of piperidine rings is 1. The summed E-state index contributed by atoms with van der Waals surface area (Å²) in [6.07, 6.45) is 6.23. The minimum atomic E-state index is 0.571. The highest BCUT2D eigenvalue weighted by atomic mass is 16.3. The Bertz CT molecular complexity index is 608. The van der Waals surface area contributed by atoms with Gasteiger partial charge in [-0.25, -0.2) is 0 Å². The summed E-state index contributed by atoms with van der Waals surface area (Å²) >= 11 is 0. The normalized spacial score (nSPS) is 17.0. The van der Waals surface area contributed by atoms with Crippen LogP contribution >= 0.6 is 0 Å². The van der Waals surface area contributed by atoms with Crippen LogP contribution in [0, 0.1) is 6.92 Å². The fourth-order valence-electron chi connectivity index (χ4n) is 2.98. The average molecular weight is 300 g/mol. The van der Waals surface area contributed by atoms with Crippen molar-refractivity contribution in [3.63, 3.8) is 0 Å². The molecule has 0 aliphatic carbocycles. The van der Waals surface area contributed by atoms with Crippen LogP contribution in [0.1, 0.15) is 24.2 Å². The molecule has 3 rings (SSSR count). The molecule has 1 saturated heterocycles. The number of aryl methyl sites for hydroxylation is 1. The topological polar surface area (TPSA) is 57.1 Å². The molecular formula is C17H24N4O. The number of hydrogen-bond acceptors (Lipinski definition) is 4. The van der Waals surface area contributed by atoms with Crippen molar-refractivity contribution in [3.8, 4) is 11.5 Å². The first kappa shape index (κ1) is 15.1. The van der Waals surface area contributed by atoms with Crippen molar-refractivity contribution in [2.75, 3.05) is 19.6 Å². The van der Waals surface area contributed by atoms with Crippen molar-refractivity contribution in [3.05, 3.63) is 42.3 Å². The third-order valence-electron chi connectivity index (χ3n) is 4.26. The molecule has 2 aromatic rings. The Morgan fingerprint density at radius 3 is 2.95 bits per heavy atom. The number of likely N-dealkylation sites (tertiary alicyclic amines) is 1. The maximum absolute atomic E-state index is 5.69. The standard InChI is InChI=1S/C17H24N4O/c1-3-8-21-9-6-15(7-10-21)18-11-14-12-19-20-17(14)16-5-4-13(2)22-16/h3-5,12,15,18H,1,6-11H2,2H3,(H,19,20). The van der Waals surface area contributed by atoms with Gasteiger partial charge in [-0.1, -0.05) is 6.08 Å². The lowest BCUT2D eigenvalue weighted by molar-refractivity contribution is 0.214. The Kier molecular flexibility index (Phi) is 4.75. The maximum atomic E-state index is 5.69. The van der Waals surface area contributed by atoms with Crippen LogP contribution in [0.2, 0.25) is 0 Å². The van der Waals surface area contributed by atoms with E-state index in [0.717, 1.165) is 49.0 Å². The van der Waals surface area contributed by atoms with Crippen molar-refractivity contribution in [1.29, 1.82) is 0 Å². The summed E-state index contributed by atoms with van der Waals surface area (Å²) in [5, 5.41) is 10.9. The Morgan fingerprint density at radius 1 is 1.45 bits per heavy atom. The van der Waals surface area contributed by atoms with Gasteiger partial charge >= 0.3 is 0 Å².